The molecule has 0 spiro atoms. The van der Waals surface area contributed by atoms with E-state index in [0.29, 0.717) is 24.8 Å². The summed E-state index contributed by atoms with van der Waals surface area (Å²) in [6, 6.07) is 12.1. The molecule has 0 unspecified atom stereocenters. The lowest BCUT2D eigenvalue weighted by Gasteiger charge is -2.38. The van der Waals surface area contributed by atoms with Crippen LogP contribution in [0.25, 0.3) is 0 Å². The van der Waals surface area contributed by atoms with Gasteiger partial charge in [0.1, 0.15) is 5.82 Å². The first kappa shape index (κ1) is 18.4. The predicted octanol–water partition coefficient (Wildman–Crippen LogP) is 4.72. The van der Waals surface area contributed by atoms with E-state index >= 15 is 0 Å². The Morgan fingerprint density at radius 3 is 2.72 bits per heavy atom. The van der Waals surface area contributed by atoms with E-state index in [2.05, 4.69) is 33.4 Å². The van der Waals surface area contributed by atoms with Gasteiger partial charge >= 0.3 is 0 Å². The lowest BCUT2D eigenvalue weighted by molar-refractivity contribution is 0.0486. The summed E-state index contributed by atoms with van der Waals surface area (Å²) in [6.07, 6.45) is 1.59. The van der Waals surface area contributed by atoms with E-state index in [1.807, 2.05) is 12.1 Å². The van der Waals surface area contributed by atoms with Gasteiger partial charge in [-0.25, -0.2) is 4.39 Å². The fourth-order valence-electron chi connectivity index (χ4n) is 3.16. The summed E-state index contributed by atoms with van der Waals surface area (Å²) in [5, 5.41) is 3.22. The summed E-state index contributed by atoms with van der Waals surface area (Å²) in [4.78, 5) is 12.5. The summed E-state index contributed by atoms with van der Waals surface area (Å²) >= 11 is 9.39. The van der Waals surface area contributed by atoms with Gasteiger partial charge in [-0.3, -0.25) is 4.79 Å². The maximum Gasteiger partial charge on any atom is 0.254 e. The minimum Gasteiger partial charge on any atom is -0.381 e. The van der Waals surface area contributed by atoms with Gasteiger partial charge in [-0.1, -0.05) is 39.7 Å². The topological polar surface area (TPSA) is 38.3 Å². The second kappa shape index (κ2) is 7.85. The van der Waals surface area contributed by atoms with Gasteiger partial charge in [0.05, 0.1) is 5.56 Å². The standard InChI is InChI=1S/C19H18BrClFNO2/c20-14-3-1-2-13(10-14)19(6-8-25-9-7-19)12-23-18(24)16-11-15(21)4-5-17(16)22/h1-5,10-11H,6-9,12H2,(H,23,24). The zero-order valence-electron chi connectivity index (χ0n) is 13.5. The van der Waals surface area contributed by atoms with E-state index < -0.39 is 11.7 Å². The highest BCUT2D eigenvalue weighted by molar-refractivity contribution is 9.10. The number of carbonyl (C=O) groups is 1. The van der Waals surface area contributed by atoms with Crippen molar-refractivity contribution in [3.63, 3.8) is 0 Å². The minimum atomic E-state index is -0.578. The maximum absolute atomic E-state index is 13.9. The van der Waals surface area contributed by atoms with Gasteiger partial charge in [0, 0.05) is 34.7 Å². The molecule has 0 aromatic heterocycles. The van der Waals surface area contributed by atoms with E-state index in [4.69, 9.17) is 16.3 Å². The number of hydrogen-bond acceptors (Lipinski definition) is 2. The number of amides is 1. The fraction of sp³-hybridized carbons (Fsp3) is 0.316. The Morgan fingerprint density at radius 2 is 2.00 bits per heavy atom. The van der Waals surface area contributed by atoms with Crippen LogP contribution in [0.4, 0.5) is 4.39 Å². The van der Waals surface area contributed by atoms with Crippen LogP contribution in [0.3, 0.4) is 0 Å². The van der Waals surface area contributed by atoms with Crippen LogP contribution in [-0.4, -0.2) is 25.7 Å². The van der Waals surface area contributed by atoms with Gasteiger partial charge in [0.15, 0.2) is 0 Å². The molecule has 1 aliphatic rings. The molecule has 1 fully saturated rings. The van der Waals surface area contributed by atoms with Crippen LogP contribution in [0.1, 0.15) is 28.8 Å². The highest BCUT2D eigenvalue weighted by Crippen LogP contribution is 2.35. The molecule has 2 aromatic rings. The number of benzene rings is 2. The third-order valence-electron chi connectivity index (χ3n) is 4.65. The monoisotopic (exact) mass is 425 g/mol. The molecule has 3 nitrogen and oxygen atoms in total. The number of rotatable bonds is 4. The molecule has 0 saturated carbocycles. The van der Waals surface area contributed by atoms with Crippen LogP contribution in [0.15, 0.2) is 46.9 Å². The summed E-state index contributed by atoms with van der Waals surface area (Å²) in [5.41, 5.74) is 0.869. The van der Waals surface area contributed by atoms with E-state index in [-0.39, 0.29) is 11.0 Å². The molecule has 0 radical (unpaired) electrons. The van der Waals surface area contributed by atoms with Crippen molar-refractivity contribution in [1.29, 1.82) is 0 Å². The molecule has 25 heavy (non-hydrogen) atoms. The third kappa shape index (κ3) is 4.22. The normalized spacial score (nSPS) is 16.4. The van der Waals surface area contributed by atoms with Gasteiger partial charge in [0.25, 0.3) is 5.91 Å². The molecule has 0 aliphatic carbocycles. The van der Waals surface area contributed by atoms with Crippen LogP contribution < -0.4 is 5.32 Å². The summed E-state index contributed by atoms with van der Waals surface area (Å²) < 4.78 is 20.4. The SMILES string of the molecule is O=C(NCC1(c2cccc(Br)c2)CCOCC1)c1cc(Cl)ccc1F. The highest BCUT2D eigenvalue weighted by atomic mass is 79.9. The first-order valence-corrected chi connectivity index (χ1v) is 9.24. The Hall–Kier alpha value is -1.43. The second-order valence-corrected chi connectivity index (χ2v) is 7.56. The maximum atomic E-state index is 13.9. The lowest BCUT2D eigenvalue weighted by atomic mass is 9.74. The molecular formula is C19H18BrClFNO2. The van der Waals surface area contributed by atoms with E-state index in [1.165, 1.54) is 18.2 Å². The minimum absolute atomic E-state index is 0.0380. The van der Waals surface area contributed by atoms with Crippen LogP contribution in [-0.2, 0) is 10.2 Å². The summed E-state index contributed by atoms with van der Waals surface area (Å²) in [5.74, 6) is -1.04. The van der Waals surface area contributed by atoms with Crippen molar-refractivity contribution in [2.75, 3.05) is 19.8 Å². The zero-order chi connectivity index (χ0) is 17.9. The molecule has 3 rings (SSSR count). The average Bonchev–Trinajstić information content (AvgIpc) is 2.62. The Balaban J connectivity index is 1.82. The van der Waals surface area contributed by atoms with Crippen LogP contribution in [0.5, 0.6) is 0 Å². The molecule has 6 heteroatoms. The number of nitrogens with one attached hydrogen (secondary N) is 1. The van der Waals surface area contributed by atoms with Crippen LogP contribution in [0.2, 0.25) is 5.02 Å². The van der Waals surface area contributed by atoms with Crippen LogP contribution >= 0.6 is 27.5 Å². The summed E-state index contributed by atoms with van der Waals surface area (Å²) in [6.45, 7) is 1.68. The predicted molar refractivity (Wildman–Crippen MR) is 99.6 cm³/mol. The van der Waals surface area contributed by atoms with Crippen molar-refractivity contribution in [1.82, 2.24) is 5.32 Å². The molecule has 1 aliphatic heterocycles. The van der Waals surface area contributed by atoms with Crippen molar-refractivity contribution in [2.24, 2.45) is 0 Å². The van der Waals surface area contributed by atoms with Crippen molar-refractivity contribution < 1.29 is 13.9 Å². The molecule has 1 heterocycles. The average molecular weight is 427 g/mol. The smallest absolute Gasteiger partial charge is 0.254 e. The molecule has 0 bridgehead atoms. The molecule has 0 atom stereocenters. The lowest BCUT2D eigenvalue weighted by Crippen LogP contribution is -2.44. The van der Waals surface area contributed by atoms with E-state index in [0.717, 1.165) is 22.9 Å². The van der Waals surface area contributed by atoms with E-state index in [1.54, 1.807) is 0 Å². The first-order chi connectivity index (χ1) is 12.0. The van der Waals surface area contributed by atoms with Crippen molar-refractivity contribution >= 4 is 33.4 Å². The number of ether oxygens (including phenoxy) is 1. The highest BCUT2D eigenvalue weighted by Gasteiger charge is 2.35. The Kier molecular flexibility index (Phi) is 5.77. The number of halogens is 3. The quantitative estimate of drug-likeness (QED) is 0.768. The Morgan fingerprint density at radius 1 is 1.24 bits per heavy atom. The van der Waals surface area contributed by atoms with Gasteiger partial charge in [-0.05, 0) is 48.7 Å². The Labute approximate surface area is 159 Å². The zero-order valence-corrected chi connectivity index (χ0v) is 15.9. The Bertz CT molecular complexity index is 778. The fourth-order valence-corrected chi connectivity index (χ4v) is 3.74. The number of carbonyl (C=O) groups excluding carboxylic acids is 1. The van der Waals surface area contributed by atoms with Gasteiger partial charge in [0.2, 0.25) is 0 Å². The van der Waals surface area contributed by atoms with Crippen molar-refractivity contribution in [3.8, 4) is 0 Å². The molecule has 2 aromatic carbocycles. The largest absolute Gasteiger partial charge is 0.381 e. The van der Waals surface area contributed by atoms with Gasteiger partial charge < -0.3 is 10.1 Å². The third-order valence-corrected chi connectivity index (χ3v) is 5.38. The molecular weight excluding hydrogens is 409 g/mol. The van der Waals surface area contributed by atoms with Gasteiger partial charge in [-0.15, -0.1) is 0 Å². The van der Waals surface area contributed by atoms with E-state index in [9.17, 15) is 9.18 Å². The van der Waals surface area contributed by atoms with Crippen molar-refractivity contribution in [3.05, 3.63) is 68.9 Å². The molecule has 1 saturated heterocycles. The molecule has 1 amide bonds. The van der Waals surface area contributed by atoms with Gasteiger partial charge in [-0.2, -0.15) is 0 Å². The summed E-state index contributed by atoms with van der Waals surface area (Å²) in [7, 11) is 0. The molecule has 1 N–H and O–H groups in total. The molecule has 132 valence electrons. The van der Waals surface area contributed by atoms with Crippen LogP contribution in [0, 0.1) is 5.82 Å². The second-order valence-electron chi connectivity index (χ2n) is 6.21. The van der Waals surface area contributed by atoms with Crippen molar-refractivity contribution in [2.45, 2.75) is 18.3 Å². The first-order valence-electron chi connectivity index (χ1n) is 8.07. The number of hydrogen-bond donors (Lipinski definition) is 1.